The van der Waals surface area contributed by atoms with Crippen LogP contribution in [0.1, 0.15) is 5.56 Å². The zero-order valence-corrected chi connectivity index (χ0v) is 9.96. The van der Waals surface area contributed by atoms with Crippen LogP contribution in [-0.4, -0.2) is 6.03 Å². The number of benzene rings is 2. The fourth-order valence-corrected chi connectivity index (χ4v) is 1.51. The highest BCUT2D eigenvalue weighted by molar-refractivity contribution is 5.87. The Hall–Kier alpha value is -3.00. The molecule has 0 radical (unpaired) electrons. The molecule has 5 nitrogen and oxygen atoms in total. The zero-order chi connectivity index (χ0) is 13.7. The molecule has 0 aliphatic heterocycles. The van der Waals surface area contributed by atoms with Crippen molar-refractivity contribution >= 4 is 11.7 Å². The van der Waals surface area contributed by atoms with Crippen molar-refractivity contribution in [2.24, 2.45) is 5.73 Å². The number of rotatable bonds is 3. The summed E-state index contributed by atoms with van der Waals surface area (Å²) in [5.41, 5.74) is 6.13. The maximum absolute atomic E-state index is 10.7. The lowest BCUT2D eigenvalue weighted by atomic mass is 10.2. The molecule has 0 aliphatic carbocycles. The number of hydrogen-bond acceptors (Lipinski definition) is 3. The van der Waals surface area contributed by atoms with Crippen molar-refractivity contribution in [2.45, 2.75) is 0 Å². The molecule has 0 fully saturated rings. The highest BCUT2D eigenvalue weighted by Gasteiger charge is 2.00. The molecule has 0 aromatic heterocycles. The number of carbonyl (C=O) groups excluding carboxylic acids is 1. The number of carbonyl (C=O) groups is 1. The first-order chi connectivity index (χ1) is 9.17. The largest absolute Gasteiger partial charge is 0.457 e. The molecule has 2 amide bonds. The van der Waals surface area contributed by atoms with Gasteiger partial charge in [0.25, 0.3) is 0 Å². The van der Waals surface area contributed by atoms with Crippen molar-refractivity contribution in [3.05, 3.63) is 54.1 Å². The Morgan fingerprint density at radius 2 is 1.89 bits per heavy atom. The Labute approximate surface area is 110 Å². The molecule has 94 valence electrons. The first-order valence-corrected chi connectivity index (χ1v) is 5.52. The van der Waals surface area contributed by atoms with Crippen LogP contribution in [0.25, 0.3) is 0 Å². The molecule has 2 aromatic rings. The predicted molar refractivity (Wildman–Crippen MR) is 70.9 cm³/mol. The van der Waals surface area contributed by atoms with Gasteiger partial charge in [0.1, 0.15) is 11.5 Å². The van der Waals surface area contributed by atoms with Gasteiger partial charge in [0, 0.05) is 5.69 Å². The van der Waals surface area contributed by atoms with E-state index in [4.69, 9.17) is 15.7 Å². The second kappa shape index (κ2) is 5.56. The molecule has 2 aromatic carbocycles. The average Bonchev–Trinajstić information content (AvgIpc) is 2.41. The van der Waals surface area contributed by atoms with E-state index in [9.17, 15) is 4.79 Å². The van der Waals surface area contributed by atoms with Crippen LogP contribution >= 0.6 is 0 Å². The van der Waals surface area contributed by atoms with Crippen LogP contribution in [0.2, 0.25) is 0 Å². The summed E-state index contributed by atoms with van der Waals surface area (Å²) in [4.78, 5) is 10.7. The molecule has 0 unspecified atom stereocenters. The van der Waals surface area contributed by atoms with Crippen molar-refractivity contribution < 1.29 is 9.53 Å². The van der Waals surface area contributed by atoms with Gasteiger partial charge in [0.15, 0.2) is 0 Å². The number of amides is 2. The van der Waals surface area contributed by atoms with Crippen molar-refractivity contribution in [3.8, 4) is 17.6 Å². The highest BCUT2D eigenvalue weighted by atomic mass is 16.5. The smallest absolute Gasteiger partial charge is 0.316 e. The molecule has 19 heavy (non-hydrogen) atoms. The monoisotopic (exact) mass is 253 g/mol. The number of anilines is 1. The summed E-state index contributed by atoms with van der Waals surface area (Å²) in [6.07, 6.45) is 0. The number of ether oxygens (including phenoxy) is 1. The maximum atomic E-state index is 10.7. The maximum Gasteiger partial charge on any atom is 0.316 e. The predicted octanol–water partition coefficient (Wildman–Crippen LogP) is 2.84. The molecule has 2 rings (SSSR count). The minimum absolute atomic E-state index is 0.532. The topological polar surface area (TPSA) is 88.1 Å². The van der Waals surface area contributed by atoms with Crippen LogP contribution in [-0.2, 0) is 0 Å². The van der Waals surface area contributed by atoms with Gasteiger partial charge >= 0.3 is 6.03 Å². The third-order valence-corrected chi connectivity index (χ3v) is 2.32. The minimum Gasteiger partial charge on any atom is -0.457 e. The molecule has 0 saturated carbocycles. The van der Waals surface area contributed by atoms with Gasteiger partial charge in [-0.15, -0.1) is 0 Å². The molecule has 0 spiro atoms. The zero-order valence-electron chi connectivity index (χ0n) is 9.96. The number of urea groups is 1. The van der Waals surface area contributed by atoms with Gasteiger partial charge in [-0.3, -0.25) is 0 Å². The van der Waals surface area contributed by atoms with E-state index in [1.807, 2.05) is 6.07 Å². The summed E-state index contributed by atoms with van der Waals surface area (Å²) in [7, 11) is 0. The lowest BCUT2D eigenvalue weighted by Crippen LogP contribution is -2.19. The molecule has 0 aliphatic rings. The molecular weight excluding hydrogens is 242 g/mol. The number of nitrogens with one attached hydrogen (secondary N) is 1. The molecule has 0 atom stereocenters. The van der Waals surface area contributed by atoms with Gasteiger partial charge < -0.3 is 15.8 Å². The summed E-state index contributed by atoms with van der Waals surface area (Å²) in [5.74, 6) is 1.18. The van der Waals surface area contributed by atoms with E-state index in [1.165, 1.54) is 0 Å². The van der Waals surface area contributed by atoms with Crippen LogP contribution in [0, 0.1) is 11.3 Å². The van der Waals surface area contributed by atoms with E-state index in [0.29, 0.717) is 22.7 Å². The van der Waals surface area contributed by atoms with E-state index in [0.717, 1.165) is 0 Å². The van der Waals surface area contributed by atoms with Gasteiger partial charge in [0.2, 0.25) is 0 Å². The van der Waals surface area contributed by atoms with Crippen LogP contribution in [0.15, 0.2) is 48.5 Å². The Kier molecular flexibility index (Phi) is 3.64. The van der Waals surface area contributed by atoms with Crippen molar-refractivity contribution in [2.75, 3.05) is 5.32 Å². The van der Waals surface area contributed by atoms with E-state index >= 15 is 0 Å². The SMILES string of the molecule is N#Cc1cccc(Oc2ccc(NC(N)=O)cc2)c1. The molecular formula is C14H11N3O2. The minimum atomic E-state index is -0.615. The normalized spacial score (nSPS) is 9.42. The standard InChI is InChI=1S/C14H11N3O2/c15-9-10-2-1-3-13(8-10)19-12-6-4-11(5-7-12)17-14(16)18/h1-8H,(H3,16,17,18). The number of hydrogen-bond donors (Lipinski definition) is 2. The number of nitrogens with zero attached hydrogens (tertiary/aromatic N) is 1. The van der Waals surface area contributed by atoms with E-state index in [-0.39, 0.29) is 0 Å². The van der Waals surface area contributed by atoms with E-state index in [1.54, 1.807) is 48.5 Å². The Balaban J connectivity index is 2.11. The molecule has 0 heterocycles. The number of nitriles is 1. The summed E-state index contributed by atoms with van der Waals surface area (Å²) in [5, 5.41) is 11.2. The fraction of sp³-hybridized carbons (Fsp3) is 0. The first-order valence-electron chi connectivity index (χ1n) is 5.52. The van der Waals surface area contributed by atoms with Crippen LogP contribution in [0.5, 0.6) is 11.5 Å². The van der Waals surface area contributed by atoms with Gasteiger partial charge in [0.05, 0.1) is 11.6 Å². The molecule has 0 saturated heterocycles. The van der Waals surface area contributed by atoms with Gasteiger partial charge in [-0.1, -0.05) is 6.07 Å². The van der Waals surface area contributed by atoms with Crippen LogP contribution in [0.4, 0.5) is 10.5 Å². The summed E-state index contributed by atoms with van der Waals surface area (Å²) < 4.78 is 5.59. The van der Waals surface area contributed by atoms with Crippen LogP contribution < -0.4 is 15.8 Å². The Bertz CT molecular complexity index is 630. The van der Waals surface area contributed by atoms with Crippen molar-refractivity contribution in [1.29, 1.82) is 5.26 Å². The first kappa shape index (κ1) is 12.5. The Morgan fingerprint density at radius 1 is 1.16 bits per heavy atom. The number of nitrogens with two attached hydrogens (primary N) is 1. The average molecular weight is 253 g/mol. The van der Waals surface area contributed by atoms with Crippen molar-refractivity contribution in [1.82, 2.24) is 0 Å². The lowest BCUT2D eigenvalue weighted by Gasteiger charge is -2.07. The second-order valence-corrected chi connectivity index (χ2v) is 3.76. The highest BCUT2D eigenvalue weighted by Crippen LogP contribution is 2.23. The molecule has 3 N–H and O–H groups in total. The molecule has 0 bridgehead atoms. The van der Waals surface area contributed by atoms with Gasteiger partial charge in [-0.05, 0) is 42.5 Å². The van der Waals surface area contributed by atoms with Crippen molar-refractivity contribution in [3.63, 3.8) is 0 Å². The fourth-order valence-electron chi connectivity index (χ4n) is 1.51. The third kappa shape index (κ3) is 3.48. The lowest BCUT2D eigenvalue weighted by molar-refractivity contribution is 0.259. The van der Waals surface area contributed by atoms with E-state index < -0.39 is 6.03 Å². The third-order valence-electron chi connectivity index (χ3n) is 2.32. The molecule has 5 heteroatoms. The Morgan fingerprint density at radius 3 is 2.53 bits per heavy atom. The number of primary amides is 1. The summed E-state index contributed by atoms with van der Waals surface area (Å²) in [6, 6.07) is 15.0. The van der Waals surface area contributed by atoms with Gasteiger partial charge in [-0.25, -0.2) is 4.79 Å². The van der Waals surface area contributed by atoms with Crippen LogP contribution in [0.3, 0.4) is 0 Å². The summed E-state index contributed by atoms with van der Waals surface area (Å²) in [6.45, 7) is 0. The van der Waals surface area contributed by atoms with Gasteiger partial charge in [-0.2, -0.15) is 5.26 Å². The summed E-state index contributed by atoms with van der Waals surface area (Å²) >= 11 is 0. The van der Waals surface area contributed by atoms with E-state index in [2.05, 4.69) is 5.32 Å². The quantitative estimate of drug-likeness (QED) is 0.881. The second-order valence-electron chi connectivity index (χ2n) is 3.76.